The molecule has 1 unspecified atom stereocenters. The maximum Gasteiger partial charge on any atom is 0.169 e. The van der Waals surface area contributed by atoms with Gasteiger partial charge in [-0.3, -0.25) is 4.79 Å². The molecule has 64 valence electrons. The average molecular weight is 162 g/mol. The molecule has 0 saturated carbocycles. The fourth-order valence-corrected chi connectivity index (χ4v) is 1.41. The van der Waals surface area contributed by atoms with Crippen molar-refractivity contribution in [2.75, 3.05) is 0 Å². The van der Waals surface area contributed by atoms with Crippen molar-refractivity contribution >= 4 is 5.78 Å². The monoisotopic (exact) mass is 162 g/mol. The van der Waals surface area contributed by atoms with Crippen molar-refractivity contribution in [1.82, 2.24) is 0 Å². The van der Waals surface area contributed by atoms with Crippen molar-refractivity contribution < 1.29 is 4.79 Å². The van der Waals surface area contributed by atoms with Crippen molar-refractivity contribution in [2.24, 2.45) is 5.92 Å². The standard InChI is InChI=1S/C11H14O/c1-4-5-10-7-8(2)6-9(3)11(10)12/h4-7,9H,1-3H3/b5-4+. The lowest BCUT2D eigenvalue weighted by Gasteiger charge is -2.12. The number of ketones is 1. The molecule has 0 N–H and O–H groups in total. The van der Waals surface area contributed by atoms with Gasteiger partial charge in [-0.05, 0) is 19.9 Å². The zero-order valence-corrected chi connectivity index (χ0v) is 7.79. The third-order valence-corrected chi connectivity index (χ3v) is 1.94. The Hall–Kier alpha value is -1.11. The van der Waals surface area contributed by atoms with E-state index >= 15 is 0 Å². The van der Waals surface area contributed by atoms with Gasteiger partial charge >= 0.3 is 0 Å². The van der Waals surface area contributed by atoms with Crippen LogP contribution in [0.4, 0.5) is 0 Å². The lowest BCUT2D eigenvalue weighted by atomic mass is 9.90. The van der Waals surface area contributed by atoms with Crippen molar-refractivity contribution in [1.29, 1.82) is 0 Å². The van der Waals surface area contributed by atoms with Gasteiger partial charge in [-0.25, -0.2) is 0 Å². The molecule has 0 bridgehead atoms. The van der Waals surface area contributed by atoms with Crippen LogP contribution in [-0.4, -0.2) is 5.78 Å². The summed E-state index contributed by atoms with van der Waals surface area (Å²) >= 11 is 0. The molecule has 1 rings (SSSR count). The fourth-order valence-electron chi connectivity index (χ4n) is 1.41. The number of carbonyl (C=O) groups is 1. The highest BCUT2D eigenvalue weighted by Crippen LogP contribution is 2.19. The molecule has 1 atom stereocenters. The highest BCUT2D eigenvalue weighted by molar-refractivity contribution is 6.02. The van der Waals surface area contributed by atoms with E-state index in [1.54, 1.807) is 0 Å². The highest BCUT2D eigenvalue weighted by atomic mass is 16.1. The van der Waals surface area contributed by atoms with Crippen molar-refractivity contribution in [2.45, 2.75) is 20.8 Å². The normalized spacial score (nSPS) is 24.2. The van der Waals surface area contributed by atoms with E-state index in [1.165, 1.54) is 5.57 Å². The number of carbonyl (C=O) groups excluding carboxylic acids is 1. The number of allylic oxidation sites excluding steroid dienone is 6. The van der Waals surface area contributed by atoms with E-state index in [4.69, 9.17) is 0 Å². The molecule has 0 aromatic rings. The van der Waals surface area contributed by atoms with Gasteiger partial charge in [0.05, 0.1) is 0 Å². The summed E-state index contributed by atoms with van der Waals surface area (Å²) < 4.78 is 0. The van der Waals surface area contributed by atoms with Gasteiger partial charge in [0, 0.05) is 11.5 Å². The van der Waals surface area contributed by atoms with Crippen molar-refractivity contribution in [3.8, 4) is 0 Å². The van der Waals surface area contributed by atoms with E-state index in [-0.39, 0.29) is 11.7 Å². The van der Waals surface area contributed by atoms with Crippen LogP contribution in [0.1, 0.15) is 20.8 Å². The highest BCUT2D eigenvalue weighted by Gasteiger charge is 2.17. The van der Waals surface area contributed by atoms with Gasteiger partial charge in [0.2, 0.25) is 0 Å². The molecule has 0 saturated heterocycles. The Morgan fingerprint density at radius 3 is 2.75 bits per heavy atom. The first-order valence-electron chi connectivity index (χ1n) is 4.22. The van der Waals surface area contributed by atoms with Gasteiger partial charge in [-0.2, -0.15) is 0 Å². The minimum absolute atomic E-state index is 0.0428. The number of Topliss-reactive ketones (excluding diaryl/α,β-unsaturated/α-hetero) is 1. The van der Waals surface area contributed by atoms with Crippen LogP contribution in [0, 0.1) is 5.92 Å². The maximum absolute atomic E-state index is 11.5. The molecule has 1 aliphatic carbocycles. The van der Waals surface area contributed by atoms with Crippen LogP contribution in [0.3, 0.4) is 0 Å². The van der Waals surface area contributed by atoms with Crippen LogP contribution in [0.2, 0.25) is 0 Å². The molecule has 0 heterocycles. The predicted octanol–water partition coefficient (Wildman–Crippen LogP) is 2.65. The first kappa shape index (κ1) is 8.98. The molecule has 1 aliphatic rings. The molecule has 1 heteroatoms. The summed E-state index contributed by atoms with van der Waals surface area (Å²) in [6.07, 6.45) is 7.70. The molecular formula is C11H14O. The molecule has 0 aromatic heterocycles. The van der Waals surface area contributed by atoms with Gasteiger partial charge < -0.3 is 0 Å². The minimum Gasteiger partial charge on any atom is -0.294 e. The molecule has 0 aliphatic heterocycles. The van der Waals surface area contributed by atoms with E-state index in [9.17, 15) is 4.79 Å². The van der Waals surface area contributed by atoms with Gasteiger partial charge in [0.25, 0.3) is 0 Å². The van der Waals surface area contributed by atoms with Crippen LogP contribution in [0.15, 0.2) is 35.5 Å². The summed E-state index contributed by atoms with van der Waals surface area (Å²) in [5.41, 5.74) is 2.00. The Morgan fingerprint density at radius 1 is 1.50 bits per heavy atom. The Kier molecular flexibility index (Phi) is 2.64. The number of hydrogen-bond acceptors (Lipinski definition) is 1. The van der Waals surface area contributed by atoms with Crippen molar-refractivity contribution in [3.63, 3.8) is 0 Å². The fraction of sp³-hybridized carbons (Fsp3) is 0.364. The summed E-state index contributed by atoms with van der Waals surface area (Å²) in [6, 6.07) is 0. The van der Waals surface area contributed by atoms with Gasteiger partial charge in [-0.1, -0.05) is 30.7 Å². The van der Waals surface area contributed by atoms with Gasteiger partial charge in [0.15, 0.2) is 5.78 Å². The molecule has 0 radical (unpaired) electrons. The zero-order valence-electron chi connectivity index (χ0n) is 7.79. The molecule has 0 amide bonds. The Morgan fingerprint density at radius 2 is 2.17 bits per heavy atom. The predicted molar refractivity (Wildman–Crippen MR) is 50.8 cm³/mol. The summed E-state index contributed by atoms with van der Waals surface area (Å²) in [6.45, 7) is 5.88. The van der Waals surface area contributed by atoms with Crippen LogP contribution in [0.25, 0.3) is 0 Å². The molecule has 1 nitrogen and oxygen atoms in total. The van der Waals surface area contributed by atoms with Crippen LogP contribution >= 0.6 is 0 Å². The molecule has 0 spiro atoms. The summed E-state index contributed by atoms with van der Waals surface area (Å²) in [7, 11) is 0. The number of hydrogen-bond donors (Lipinski definition) is 0. The third-order valence-electron chi connectivity index (χ3n) is 1.94. The third kappa shape index (κ3) is 1.73. The summed E-state index contributed by atoms with van der Waals surface area (Å²) in [5.74, 6) is 0.264. The van der Waals surface area contributed by atoms with Crippen LogP contribution in [-0.2, 0) is 4.79 Å². The van der Waals surface area contributed by atoms with E-state index in [1.807, 2.05) is 45.1 Å². The largest absolute Gasteiger partial charge is 0.294 e. The lowest BCUT2D eigenvalue weighted by molar-refractivity contribution is -0.117. The first-order chi connectivity index (χ1) is 5.65. The molecule has 0 fully saturated rings. The van der Waals surface area contributed by atoms with Gasteiger partial charge in [0.1, 0.15) is 0 Å². The molecule has 12 heavy (non-hydrogen) atoms. The second kappa shape index (κ2) is 3.53. The van der Waals surface area contributed by atoms with Crippen LogP contribution in [0.5, 0.6) is 0 Å². The Balaban J connectivity index is 2.98. The second-order valence-corrected chi connectivity index (χ2v) is 3.16. The SMILES string of the molecule is C/C=C/C1=CC(C)=CC(C)C1=O. The quantitative estimate of drug-likeness (QED) is 0.579. The minimum atomic E-state index is 0.0428. The van der Waals surface area contributed by atoms with Crippen molar-refractivity contribution in [3.05, 3.63) is 35.5 Å². The first-order valence-corrected chi connectivity index (χ1v) is 4.22. The Labute approximate surface area is 73.5 Å². The average Bonchev–Trinajstić information content (AvgIpc) is 2.00. The maximum atomic E-state index is 11.5. The van der Waals surface area contributed by atoms with E-state index in [0.717, 1.165) is 5.57 Å². The summed E-state index contributed by atoms with van der Waals surface area (Å²) in [4.78, 5) is 11.5. The van der Waals surface area contributed by atoms with E-state index < -0.39 is 0 Å². The second-order valence-electron chi connectivity index (χ2n) is 3.16. The van der Waals surface area contributed by atoms with E-state index in [2.05, 4.69) is 0 Å². The Bertz CT molecular complexity index is 279. The van der Waals surface area contributed by atoms with Crippen LogP contribution < -0.4 is 0 Å². The molecular weight excluding hydrogens is 148 g/mol. The topological polar surface area (TPSA) is 17.1 Å². The lowest BCUT2D eigenvalue weighted by Crippen LogP contribution is -2.14. The van der Waals surface area contributed by atoms with E-state index in [0.29, 0.717) is 0 Å². The smallest absolute Gasteiger partial charge is 0.169 e. The van der Waals surface area contributed by atoms with Gasteiger partial charge in [-0.15, -0.1) is 0 Å². The summed E-state index contributed by atoms with van der Waals surface area (Å²) in [5, 5.41) is 0. The number of rotatable bonds is 1. The molecule has 0 aromatic carbocycles. The zero-order chi connectivity index (χ0) is 9.14.